The number of benzene rings is 1. The van der Waals surface area contributed by atoms with Crippen LogP contribution in [0.25, 0.3) is 0 Å². The van der Waals surface area contributed by atoms with Gasteiger partial charge in [0.2, 0.25) is 5.91 Å². The van der Waals surface area contributed by atoms with Crippen molar-refractivity contribution in [3.05, 3.63) is 23.8 Å². The second-order valence-corrected chi connectivity index (χ2v) is 2.96. The normalized spacial score (nSPS) is 15.2. The third kappa shape index (κ3) is 1.22. The predicted molar refractivity (Wildman–Crippen MR) is 48.8 cm³/mol. The van der Waals surface area contributed by atoms with Crippen LogP contribution in [-0.4, -0.2) is 13.8 Å². The van der Waals surface area contributed by atoms with Crippen molar-refractivity contribution in [3.63, 3.8) is 0 Å². The van der Waals surface area contributed by atoms with Crippen molar-refractivity contribution in [2.75, 3.05) is 5.32 Å². The van der Waals surface area contributed by atoms with E-state index in [4.69, 9.17) is 7.85 Å². The Morgan fingerprint density at radius 3 is 3.00 bits per heavy atom. The molecule has 0 bridgehead atoms. The highest BCUT2D eigenvalue weighted by molar-refractivity contribution is 6.32. The molecule has 1 aromatic rings. The van der Waals surface area contributed by atoms with Gasteiger partial charge in [-0.15, -0.1) is 0 Å². The molecule has 2 nitrogen and oxygen atoms in total. The van der Waals surface area contributed by atoms with Gasteiger partial charge >= 0.3 is 0 Å². The highest BCUT2D eigenvalue weighted by Gasteiger charge is 2.13. The Morgan fingerprint density at radius 1 is 1.33 bits per heavy atom. The summed E-state index contributed by atoms with van der Waals surface area (Å²) in [5.41, 5.74) is 2.73. The van der Waals surface area contributed by atoms with E-state index >= 15 is 0 Å². The first-order chi connectivity index (χ1) is 5.75. The molecule has 0 atom stereocenters. The highest BCUT2D eigenvalue weighted by atomic mass is 16.1. The zero-order valence-corrected chi connectivity index (χ0v) is 6.63. The third-order valence-corrected chi connectivity index (χ3v) is 2.03. The van der Waals surface area contributed by atoms with Crippen LogP contribution in [0, 0.1) is 0 Å². The molecular weight excluding hydrogens is 149 g/mol. The first kappa shape index (κ1) is 7.41. The van der Waals surface area contributed by atoms with Crippen LogP contribution in [0.4, 0.5) is 5.69 Å². The van der Waals surface area contributed by atoms with Gasteiger partial charge in [0, 0.05) is 12.1 Å². The van der Waals surface area contributed by atoms with Crippen molar-refractivity contribution >= 4 is 24.9 Å². The molecule has 58 valence electrons. The Morgan fingerprint density at radius 2 is 2.17 bits per heavy atom. The summed E-state index contributed by atoms with van der Waals surface area (Å²) in [7, 11) is 5.58. The van der Waals surface area contributed by atoms with E-state index < -0.39 is 0 Å². The molecule has 1 amide bonds. The molecule has 0 aromatic heterocycles. The summed E-state index contributed by atoms with van der Waals surface area (Å²) in [6.45, 7) is 0. The first-order valence-electron chi connectivity index (χ1n) is 3.94. The largest absolute Gasteiger partial charge is 0.326 e. The van der Waals surface area contributed by atoms with Gasteiger partial charge in [-0.2, -0.15) is 0 Å². The maximum atomic E-state index is 11.0. The SMILES string of the molecule is [B]c1ccc2c(c1)NC(=O)CC2. The van der Waals surface area contributed by atoms with Crippen molar-refractivity contribution in [1.29, 1.82) is 0 Å². The van der Waals surface area contributed by atoms with Gasteiger partial charge in [0.05, 0.1) is 0 Å². The fourth-order valence-corrected chi connectivity index (χ4v) is 1.39. The van der Waals surface area contributed by atoms with Crippen LogP contribution in [0.3, 0.4) is 0 Å². The summed E-state index contributed by atoms with van der Waals surface area (Å²) in [6, 6.07) is 5.62. The van der Waals surface area contributed by atoms with E-state index in [1.807, 2.05) is 12.1 Å². The van der Waals surface area contributed by atoms with Crippen molar-refractivity contribution in [3.8, 4) is 0 Å². The molecule has 3 heteroatoms. The summed E-state index contributed by atoms with van der Waals surface area (Å²) in [4.78, 5) is 11.0. The molecule has 0 aliphatic carbocycles. The number of carbonyl (C=O) groups is 1. The number of carbonyl (C=O) groups excluding carboxylic acids is 1. The van der Waals surface area contributed by atoms with Crippen LogP contribution in [0.2, 0.25) is 0 Å². The summed E-state index contributed by atoms with van der Waals surface area (Å²) < 4.78 is 0. The molecule has 1 aromatic carbocycles. The smallest absolute Gasteiger partial charge is 0.224 e. The van der Waals surface area contributed by atoms with Gasteiger partial charge < -0.3 is 5.32 Å². The molecule has 0 fully saturated rings. The molecule has 1 heterocycles. The summed E-state index contributed by atoms with van der Waals surface area (Å²) in [5, 5.41) is 2.78. The standard InChI is InChI=1S/C9H8BNO/c10-7-3-1-6-2-4-9(12)11-8(6)5-7/h1,3,5H,2,4H2,(H,11,12). The van der Waals surface area contributed by atoms with E-state index in [1.165, 1.54) is 5.56 Å². The summed E-state index contributed by atoms with van der Waals surface area (Å²) >= 11 is 0. The third-order valence-electron chi connectivity index (χ3n) is 2.03. The van der Waals surface area contributed by atoms with Gasteiger partial charge in [0.15, 0.2) is 0 Å². The second kappa shape index (κ2) is 2.66. The first-order valence-corrected chi connectivity index (χ1v) is 3.94. The number of rotatable bonds is 0. The maximum absolute atomic E-state index is 11.0. The molecule has 0 unspecified atom stereocenters. The molecule has 0 spiro atoms. The quantitative estimate of drug-likeness (QED) is 0.541. The molecule has 12 heavy (non-hydrogen) atoms. The van der Waals surface area contributed by atoms with Gasteiger partial charge in [-0.05, 0) is 18.1 Å². The molecule has 0 saturated carbocycles. The van der Waals surface area contributed by atoms with Crippen LogP contribution in [-0.2, 0) is 11.2 Å². The van der Waals surface area contributed by atoms with Gasteiger partial charge in [0.1, 0.15) is 7.85 Å². The number of nitrogens with one attached hydrogen (secondary N) is 1. The van der Waals surface area contributed by atoms with Crippen LogP contribution in [0.15, 0.2) is 18.2 Å². The average molecular weight is 157 g/mol. The maximum Gasteiger partial charge on any atom is 0.224 e. The minimum atomic E-state index is 0.0769. The lowest BCUT2D eigenvalue weighted by Crippen LogP contribution is -2.20. The van der Waals surface area contributed by atoms with E-state index in [0.29, 0.717) is 11.9 Å². The lowest BCUT2D eigenvalue weighted by molar-refractivity contribution is -0.116. The Bertz CT molecular complexity index is 335. The fraction of sp³-hybridized carbons (Fsp3) is 0.222. The molecular formula is C9H8BNO. The van der Waals surface area contributed by atoms with Gasteiger partial charge in [-0.3, -0.25) is 4.79 Å². The minimum absolute atomic E-state index is 0.0769. The van der Waals surface area contributed by atoms with Crippen LogP contribution < -0.4 is 10.8 Å². The van der Waals surface area contributed by atoms with Crippen LogP contribution in [0.5, 0.6) is 0 Å². The molecule has 1 aliphatic heterocycles. The topological polar surface area (TPSA) is 29.1 Å². The van der Waals surface area contributed by atoms with E-state index in [1.54, 1.807) is 6.07 Å². The molecule has 0 saturated heterocycles. The van der Waals surface area contributed by atoms with Crippen LogP contribution >= 0.6 is 0 Å². The lowest BCUT2D eigenvalue weighted by Gasteiger charge is -2.16. The van der Waals surface area contributed by atoms with Gasteiger partial charge in [-0.1, -0.05) is 17.6 Å². The Kier molecular flexibility index (Phi) is 1.64. The molecule has 2 radical (unpaired) electrons. The fourth-order valence-electron chi connectivity index (χ4n) is 1.39. The number of anilines is 1. The molecule has 1 aliphatic rings. The van der Waals surface area contributed by atoms with E-state index in [-0.39, 0.29) is 5.91 Å². The average Bonchev–Trinajstić information content (AvgIpc) is 2.03. The van der Waals surface area contributed by atoms with E-state index in [9.17, 15) is 4.79 Å². The van der Waals surface area contributed by atoms with Crippen molar-refractivity contribution in [1.82, 2.24) is 0 Å². The van der Waals surface area contributed by atoms with Crippen molar-refractivity contribution < 1.29 is 4.79 Å². The predicted octanol–water partition coefficient (Wildman–Crippen LogP) is 0.365. The van der Waals surface area contributed by atoms with E-state index in [0.717, 1.165) is 12.1 Å². The van der Waals surface area contributed by atoms with Crippen LogP contribution in [0.1, 0.15) is 12.0 Å². The Hall–Kier alpha value is -1.25. The van der Waals surface area contributed by atoms with E-state index in [2.05, 4.69) is 5.32 Å². The highest BCUT2D eigenvalue weighted by Crippen LogP contribution is 2.19. The number of aryl methyl sites for hydroxylation is 1. The van der Waals surface area contributed by atoms with Crippen molar-refractivity contribution in [2.24, 2.45) is 0 Å². The van der Waals surface area contributed by atoms with Gasteiger partial charge in [0.25, 0.3) is 0 Å². The number of fused-ring (bicyclic) bond motifs is 1. The summed E-state index contributed by atoms with van der Waals surface area (Å²) in [5.74, 6) is 0.0769. The molecule has 1 N–H and O–H groups in total. The minimum Gasteiger partial charge on any atom is -0.326 e. The monoisotopic (exact) mass is 157 g/mol. The Balaban J connectivity index is 2.44. The van der Waals surface area contributed by atoms with Crippen molar-refractivity contribution in [2.45, 2.75) is 12.8 Å². The zero-order valence-electron chi connectivity index (χ0n) is 6.63. The number of amides is 1. The number of hydrogen-bond acceptors (Lipinski definition) is 1. The van der Waals surface area contributed by atoms with Gasteiger partial charge in [-0.25, -0.2) is 0 Å². The summed E-state index contributed by atoms with van der Waals surface area (Å²) in [6.07, 6.45) is 1.40. The second-order valence-electron chi connectivity index (χ2n) is 2.96. The zero-order chi connectivity index (χ0) is 8.55. The molecule has 2 rings (SSSR count). The lowest BCUT2D eigenvalue weighted by atomic mass is 9.92. The Labute approximate surface area is 72.4 Å². The number of hydrogen-bond donors (Lipinski definition) is 1.